The second kappa shape index (κ2) is 6.59. The molecule has 1 unspecified atom stereocenters. The number of nitrogens with zero attached hydrogens (tertiary/aromatic N) is 2. The molecule has 1 aliphatic heterocycles. The van der Waals surface area contributed by atoms with E-state index in [2.05, 4.69) is 17.5 Å². The summed E-state index contributed by atoms with van der Waals surface area (Å²) < 4.78 is 13.2. The quantitative estimate of drug-likeness (QED) is 0.909. The minimum absolute atomic E-state index is 0.143. The summed E-state index contributed by atoms with van der Waals surface area (Å²) in [5.41, 5.74) is 10.0. The standard InChI is InChI=1S/C20H18FN3/c1-2-24-18(13-23)9-10-20(24)15-3-4-16(12-22)19(11-15)14-5-7-17(21)8-6-14/h2-8,11,13,20H,1,9-10,23H2/b18-13-. The Kier molecular flexibility index (Phi) is 4.35. The van der Waals surface area contributed by atoms with Crippen LogP contribution in [-0.4, -0.2) is 4.90 Å². The van der Waals surface area contributed by atoms with E-state index in [0.29, 0.717) is 5.56 Å². The number of hydrogen-bond donors (Lipinski definition) is 1. The molecule has 0 radical (unpaired) electrons. The van der Waals surface area contributed by atoms with Gasteiger partial charge in [0.25, 0.3) is 0 Å². The highest BCUT2D eigenvalue weighted by Gasteiger charge is 2.27. The van der Waals surface area contributed by atoms with Crippen LogP contribution in [0.1, 0.15) is 30.0 Å². The molecule has 3 nitrogen and oxygen atoms in total. The van der Waals surface area contributed by atoms with E-state index in [1.54, 1.807) is 24.5 Å². The topological polar surface area (TPSA) is 53.0 Å². The molecule has 2 N–H and O–H groups in total. The van der Waals surface area contributed by atoms with Crippen molar-refractivity contribution in [1.29, 1.82) is 5.26 Å². The molecular weight excluding hydrogens is 301 g/mol. The lowest BCUT2D eigenvalue weighted by Crippen LogP contribution is -2.16. The molecule has 0 bridgehead atoms. The maximum atomic E-state index is 13.2. The normalized spacial score (nSPS) is 18.6. The van der Waals surface area contributed by atoms with Crippen LogP contribution in [0.15, 0.2) is 67.1 Å². The third-order valence-corrected chi connectivity index (χ3v) is 4.43. The fourth-order valence-electron chi connectivity index (χ4n) is 3.23. The van der Waals surface area contributed by atoms with Crippen molar-refractivity contribution in [2.75, 3.05) is 0 Å². The summed E-state index contributed by atoms with van der Waals surface area (Å²) in [6, 6.07) is 14.3. The Balaban J connectivity index is 2.06. The number of hydrogen-bond acceptors (Lipinski definition) is 3. The van der Waals surface area contributed by atoms with Crippen LogP contribution in [0.25, 0.3) is 11.1 Å². The molecule has 0 saturated carbocycles. The zero-order valence-corrected chi connectivity index (χ0v) is 13.2. The Morgan fingerprint density at radius 2 is 2.00 bits per heavy atom. The van der Waals surface area contributed by atoms with Crippen molar-refractivity contribution in [2.24, 2.45) is 5.73 Å². The van der Waals surface area contributed by atoms with Gasteiger partial charge in [-0.1, -0.05) is 24.8 Å². The number of allylic oxidation sites excluding steroid dienone is 1. The van der Waals surface area contributed by atoms with Gasteiger partial charge in [-0.25, -0.2) is 4.39 Å². The van der Waals surface area contributed by atoms with E-state index in [9.17, 15) is 9.65 Å². The highest BCUT2D eigenvalue weighted by molar-refractivity contribution is 5.71. The molecule has 0 aliphatic carbocycles. The van der Waals surface area contributed by atoms with Crippen LogP contribution in [0.2, 0.25) is 0 Å². The first kappa shape index (κ1) is 15.8. The number of likely N-dealkylation sites (tertiary alicyclic amines) is 1. The lowest BCUT2D eigenvalue weighted by molar-refractivity contribution is 0.402. The molecule has 0 aromatic heterocycles. The highest BCUT2D eigenvalue weighted by atomic mass is 19.1. The maximum Gasteiger partial charge on any atom is 0.123 e. The van der Waals surface area contributed by atoms with Gasteiger partial charge in [0, 0.05) is 11.9 Å². The molecule has 120 valence electrons. The Morgan fingerprint density at radius 3 is 2.62 bits per heavy atom. The van der Waals surface area contributed by atoms with Gasteiger partial charge in [0.05, 0.1) is 17.7 Å². The van der Waals surface area contributed by atoms with E-state index in [1.165, 1.54) is 12.1 Å². The first-order valence-corrected chi connectivity index (χ1v) is 7.79. The molecule has 0 amide bonds. The lowest BCUT2D eigenvalue weighted by atomic mass is 9.94. The molecular formula is C20H18FN3. The first-order valence-electron chi connectivity index (χ1n) is 7.79. The SMILES string of the molecule is C=CN1/C(=C\N)CCC1c1ccc(C#N)c(-c2ccc(F)cc2)c1. The molecule has 1 atom stereocenters. The first-order chi connectivity index (χ1) is 11.7. The van der Waals surface area contributed by atoms with E-state index in [4.69, 9.17) is 5.73 Å². The predicted molar refractivity (Wildman–Crippen MR) is 92.8 cm³/mol. The van der Waals surface area contributed by atoms with E-state index in [1.807, 2.05) is 18.2 Å². The molecule has 1 fully saturated rings. The largest absolute Gasteiger partial charge is 0.403 e. The monoisotopic (exact) mass is 319 g/mol. The van der Waals surface area contributed by atoms with E-state index >= 15 is 0 Å². The second-order valence-electron chi connectivity index (χ2n) is 5.73. The van der Waals surface area contributed by atoms with Crippen molar-refractivity contribution in [1.82, 2.24) is 4.90 Å². The van der Waals surface area contributed by atoms with Crippen molar-refractivity contribution >= 4 is 0 Å². The summed E-state index contributed by atoms with van der Waals surface area (Å²) in [7, 11) is 0. The average Bonchev–Trinajstić information content (AvgIpc) is 3.05. The zero-order chi connectivity index (χ0) is 17.1. The maximum absolute atomic E-state index is 13.2. The summed E-state index contributed by atoms with van der Waals surface area (Å²) in [6.45, 7) is 3.88. The van der Waals surface area contributed by atoms with Crippen molar-refractivity contribution < 1.29 is 4.39 Å². The summed E-state index contributed by atoms with van der Waals surface area (Å²) in [5, 5.41) is 9.39. The Morgan fingerprint density at radius 1 is 1.25 bits per heavy atom. The molecule has 1 saturated heterocycles. The second-order valence-corrected chi connectivity index (χ2v) is 5.73. The average molecular weight is 319 g/mol. The van der Waals surface area contributed by atoms with E-state index in [-0.39, 0.29) is 11.9 Å². The van der Waals surface area contributed by atoms with Crippen LogP contribution in [0.3, 0.4) is 0 Å². The van der Waals surface area contributed by atoms with Gasteiger partial charge in [-0.2, -0.15) is 5.26 Å². The minimum atomic E-state index is -0.292. The molecule has 2 aromatic rings. The van der Waals surface area contributed by atoms with Crippen LogP contribution in [0.5, 0.6) is 0 Å². The molecule has 24 heavy (non-hydrogen) atoms. The van der Waals surface area contributed by atoms with E-state index in [0.717, 1.165) is 35.2 Å². The Hall–Kier alpha value is -3.06. The van der Waals surface area contributed by atoms with Gasteiger partial charge in [0.1, 0.15) is 5.82 Å². The van der Waals surface area contributed by atoms with Crippen LogP contribution in [0.4, 0.5) is 4.39 Å². The number of benzene rings is 2. The van der Waals surface area contributed by atoms with Gasteiger partial charge in [-0.3, -0.25) is 0 Å². The number of halogens is 1. The van der Waals surface area contributed by atoms with Crippen LogP contribution in [-0.2, 0) is 0 Å². The molecule has 4 heteroatoms. The van der Waals surface area contributed by atoms with Gasteiger partial charge < -0.3 is 10.6 Å². The fraction of sp³-hybridized carbons (Fsp3) is 0.150. The summed E-state index contributed by atoms with van der Waals surface area (Å²) in [6.07, 6.45) is 5.22. The zero-order valence-electron chi connectivity index (χ0n) is 13.2. The molecule has 1 aliphatic rings. The van der Waals surface area contributed by atoms with Gasteiger partial charge in [0.15, 0.2) is 0 Å². The minimum Gasteiger partial charge on any atom is -0.403 e. The molecule has 2 aromatic carbocycles. The molecule has 0 spiro atoms. The number of rotatable bonds is 3. The third kappa shape index (κ3) is 2.77. The van der Waals surface area contributed by atoms with Gasteiger partial charge >= 0.3 is 0 Å². The predicted octanol–water partition coefficient (Wildman–Crippen LogP) is 4.44. The third-order valence-electron chi connectivity index (χ3n) is 4.43. The summed E-state index contributed by atoms with van der Waals surface area (Å²) in [4.78, 5) is 2.07. The van der Waals surface area contributed by atoms with Gasteiger partial charge in [-0.15, -0.1) is 0 Å². The fourth-order valence-corrected chi connectivity index (χ4v) is 3.23. The van der Waals surface area contributed by atoms with Crippen molar-refractivity contribution in [3.8, 4) is 17.2 Å². The molecule has 1 heterocycles. The van der Waals surface area contributed by atoms with Crippen molar-refractivity contribution in [3.63, 3.8) is 0 Å². The van der Waals surface area contributed by atoms with Crippen molar-refractivity contribution in [3.05, 3.63) is 84.1 Å². The highest BCUT2D eigenvalue weighted by Crippen LogP contribution is 2.39. The number of nitriles is 1. The van der Waals surface area contributed by atoms with Crippen molar-refractivity contribution in [2.45, 2.75) is 18.9 Å². The Bertz CT molecular complexity index is 831. The smallest absolute Gasteiger partial charge is 0.123 e. The van der Waals surface area contributed by atoms with Crippen LogP contribution < -0.4 is 5.73 Å². The van der Waals surface area contributed by atoms with E-state index < -0.39 is 0 Å². The van der Waals surface area contributed by atoms with Gasteiger partial charge in [-0.05, 0) is 60.0 Å². The van der Waals surface area contributed by atoms with Crippen LogP contribution in [0, 0.1) is 17.1 Å². The Labute approximate surface area is 141 Å². The number of nitrogens with two attached hydrogens (primary N) is 1. The van der Waals surface area contributed by atoms with Crippen LogP contribution >= 0.6 is 0 Å². The molecule has 3 rings (SSSR count). The lowest BCUT2D eigenvalue weighted by Gasteiger charge is -2.24. The summed E-state index contributed by atoms with van der Waals surface area (Å²) in [5.74, 6) is -0.292. The summed E-state index contributed by atoms with van der Waals surface area (Å²) >= 11 is 0. The van der Waals surface area contributed by atoms with Gasteiger partial charge in [0.2, 0.25) is 0 Å².